The molecule has 12 heavy (non-hydrogen) atoms. The van der Waals surface area contributed by atoms with Crippen molar-refractivity contribution in [2.75, 3.05) is 20.3 Å². The van der Waals surface area contributed by atoms with E-state index >= 15 is 0 Å². The summed E-state index contributed by atoms with van der Waals surface area (Å²) in [6.07, 6.45) is 4.13. The molecule has 2 aliphatic rings. The number of hydrogen-bond acceptors (Lipinski definition) is 3. The van der Waals surface area contributed by atoms with Crippen molar-refractivity contribution in [3.63, 3.8) is 0 Å². The molecule has 0 amide bonds. The summed E-state index contributed by atoms with van der Waals surface area (Å²) in [5.41, 5.74) is 0. The van der Waals surface area contributed by atoms with Gasteiger partial charge in [0.2, 0.25) is 0 Å². The zero-order chi connectivity index (χ0) is 8.39. The van der Waals surface area contributed by atoms with Gasteiger partial charge in [-0.15, -0.1) is 0 Å². The Bertz CT molecular complexity index is 147. The van der Waals surface area contributed by atoms with Gasteiger partial charge in [0.1, 0.15) is 0 Å². The second kappa shape index (κ2) is 3.73. The van der Waals surface area contributed by atoms with Gasteiger partial charge < -0.3 is 14.8 Å². The number of nitrogens with one attached hydrogen (secondary N) is 1. The van der Waals surface area contributed by atoms with Crippen LogP contribution in [-0.2, 0) is 9.47 Å². The van der Waals surface area contributed by atoms with Crippen LogP contribution in [0.15, 0.2) is 0 Å². The van der Waals surface area contributed by atoms with Gasteiger partial charge in [0.25, 0.3) is 0 Å². The third kappa shape index (κ3) is 1.79. The Balaban J connectivity index is 1.68. The van der Waals surface area contributed by atoms with Crippen LogP contribution in [0.1, 0.15) is 19.3 Å². The minimum atomic E-state index is 0.489. The Morgan fingerprint density at radius 3 is 2.58 bits per heavy atom. The lowest BCUT2D eigenvalue weighted by Gasteiger charge is -2.30. The first-order chi connectivity index (χ1) is 5.88. The molecule has 0 aromatic heterocycles. The second-order valence-corrected chi connectivity index (χ2v) is 3.77. The predicted molar refractivity (Wildman–Crippen MR) is 46.2 cm³/mol. The lowest BCUT2D eigenvalue weighted by Crippen LogP contribution is -2.49. The fraction of sp³-hybridized carbons (Fsp3) is 1.00. The minimum absolute atomic E-state index is 0.489. The van der Waals surface area contributed by atoms with Crippen molar-refractivity contribution in [3.8, 4) is 0 Å². The van der Waals surface area contributed by atoms with Crippen LogP contribution in [-0.4, -0.2) is 38.5 Å². The van der Waals surface area contributed by atoms with Crippen LogP contribution >= 0.6 is 0 Å². The van der Waals surface area contributed by atoms with Gasteiger partial charge in [0, 0.05) is 13.2 Å². The zero-order valence-electron chi connectivity index (χ0n) is 7.58. The zero-order valence-corrected chi connectivity index (χ0v) is 7.58. The Hall–Kier alpha value is -0.120. The van der Waals surface area contributed by atoms with Gasteiger partial charge in [-0.25, -0.2) is 0 Å². The fourth-order valence-corrected chi connectivity index (χ4v) is 1.97. The van der Waals surface area contributed by atoms with Gasteiger partial charge in [0.05, 0.1) is 25.4 Å². The average molecular weight is 171 g/mol. The van der Waals surface area contributed by atoms with Crippen molar-refractivity contribution in [2.45, 2.75) is 37.5 Å². The highest BCUT2D eigenvalue weighted by Gasteiger charge is 2.28. The monoisotopic (exact) mass is 171 g/mol. The highest BCUT2D eigenvalue weighted by Crippen LogP contribution is 2.22. The highest BCUT2D eigenvalue weighted by atomic mass is 16.5. The Morgan fingerprint density at radius 2 is 2.08 bits per heavy atom. The van der Waals surface area contributed by atoms with E-state index in [-0.39, 0.29) is 0 Å². The topological polar surface area (TPSA) is 30.5 Å². The van der Waals surface area contributed by atoms with Crippen molar-refractivity contribution in [1.82, 2.24) is 5.32 Å². The molecule has 2 atom stereocenters. The first-order valence-corrected chi connectivity index (χ1v) is 4.75. The van der Waals surface area contributed by atoms with E-state index < -0.39 is 0 Å². The normalized spacial score (nSPS) is 36.8. The van der Waals surface area contributed by atoms with Gasteiger partial charge in [0.15, 0.2) is 0 Å². The van der Waals surface area contributed by atoms with E-state index in [1.54, 1.807) is 7.11 Å². The summed E-state index contributed by atoms with van der Waals surface area (Å²) in [7, 11) is 1.81. The fourth-order valence-electron chi connectivity index (χ4n) is 1.97. The van der Waals surface area contributed by atoms with Crippen LogP contribution in [0, 0.1) is 0 Å². The molecule has 0 aromatic rings. The third-order valence-electron chi connectivity index (χ3n) is 2.83. The molecular weight excluding hydrogens is 154 g/mol. The van der Waals surface area contributed by atoms with E-state index in [0.717, 1.165) is 13.2 Å². The van der Waals surface area contributed by atoms with Crippen molar-refractivity contribution in [3.05, 3.63) is 0 Å². The second-order valence-electron chi connectivity index (χ2n) is 3.77. The molecule has 1 aliphatic carbocycles. The molecule has 0 aromatic carbocycles. The van der Waals surface area contributed by atoms with E-state index in [2.05, 4.69) is 5.32 Å². The molecule has 1 saturated heterocycles. The highest BCUT2D eigenvalue weighted by molar-refractivity contribution is 4.85. The molecule has 3 nitrogen and oxygen atoms in total. The number of ether oxygens (including phenoxy) is 2. The van der Waals surface area contributed by atoms with Crippen LogP contribution in [0.25, 0.3) is 0 Å². The standard InChI is InChI=1S/C9H17NO2/c1-11-9-3-2-7(4-9)10-8-5-12-6-8/h7-10H,2-6H2,1H3. The van der Waals surface area contributed by atoms with Crippen LogP contribution in [0.2, 0.25) is 0 Å². The molecule has 0 spiro atoms. The molecule has 2 unspecified atom stereocenters. The Kier molecular flexibility index (Phi) is 2.63. The van der Waals surface area contributed by atoms with Crippen molar-refractivity contribution >= 4 is 0 Å². The molecule has 1 heterocycles. The lowest BCUT2D eigenvalue weighted by molar-refractivity contribution is -0.0105. The van der Waals surface area contributed by atoms with Gasteiger partial charge >= 0.3 is 0 Å². The minimum Gasteiger partial charge on any atom is -0.381 e. The SMILES string of the molecule is COC1CCC(NC2COC2)C1. The van der Waals surface area contributed by atoms with Gasteiger partial charge in [-0.2, -0.15) is 0 Å². The summed E-state index contributed by atoms with van der Waals surface area (Å²) in [4.78, 5) is 0. The van der Waals surface area contributed by atoms with Crippen molar-refractivity contribution in [1.29, 1.82) is 0 Å². The van der Waals surface area contributed by atoms with Crippen LogP contribution in [0.3, 0.4) is 0 Å². The lowest BCUT2D eigenvalue weighted by atomic mass is 10.2. The maximum atomic E-state index is 5.30. The van der Waals surface area contributed by atoms with Crippen LogP contribution < -0.4 is 5.32 Å². The first kappa shape index (κ1) is 8.48. The smallest absolute Gasteiger partial charge is 0.0643 e. The average Bonchev–Trinajstić information content (AvgIpc) is 2.44. The van der Waals surface area contributed by atoms with E-state index in [1.807, 2.05) is 0 Å². The maximum absolute atomic E-state index is 5.30. The third-order valence-corrected chi connectivity index (χ3v) is 2.83. The molecule has 3 heteroatoms. The Morgan fingerprint density at radius 1 is 1.25 bits per heavy atom. The summed E-state index contributed by atoms with van der Waals surface area (Å²) >= 11 is 0. The quantitative estimate of drug-likeness (QED) is 0.672. The number of methoxy groups -OCH3 is 1. The molecule has 1 N–H and O–H groups in total. The summed E-state index contributed by atoms with van der Waals surface area (Å²) < 4.78 is 10.4. The van der Waals surface area contributed by atoms with Crippen LogP contribution in [0.5, 0.6) is 0 Å². The van der Waals surface area contributed by atoms with Crippen LogP contribution in [0.4, 0.5) is 0 Å². The molecule has 70 valence electrons. The molecule has 0 radical (unpaired) electrons. The largest absolute Gasteiger partial charge is 0.381 e. The predicted octanol–water partition coefficient (Wildman–Crippen LogP) is 0.542. The molecule has 2 fully saturated rings. The van der Waals surface area contributed by atoms with E-state index in [1.165, 1.54) is 19.3 Å². The van der Waals surface area contributed by atoms with Gasteiger partial charge in [-0.3, -0.25) is 0 Å². The molecule has 1 saturated carbocycles. The van der Waals surface area contributed by atoms with E-state index in [9.17, 15) is 0 Å². The first-order valence-electron chi connectivity index (χ1n) is 4.75. The Labute approximate surface area is 73.4 Å². The summed E-state index contributed by atoms with van der Waals surface area (Å²) in [6, 6.07) is 1.29. The van der Waals surface area contributed by atoms with Crippen molar-refractivity contribution < 1.29 is 9.47 Å². The molecule has 2 rings (SSSR count). The molecule has 1 aliphatic heterocycles. The number of hydrogen-bond donors (Lipinski definition) is 1. The summed E-state index contributed by atoms with van der Waals surface area (Å²) in [5.74, 6) is 0. The van der Waals surface area contributed by atoms with E-state index in [4.69, 9.17) is 9.47 Å². The maximum Gasteiger partial charge on any atom is 0.0643 e. The van der Waals surface area contributed by atoms with Gasteiger partial charge in [-0.1, -0.05) is 0 Å². The van der Waals surface area contributed by atoms with E-state index in [0.29, 0.717) is 18.2 Å². The molecular formula is C9H17NO2. The molecule has 0 bridgehead atoms. The summed E-state index contributed by atoms with van der Waals surface area (Å²) in [6.45, 7) is 1.79. The summed E-state index contributed by atoms with van der Waals surface area (Å²) in [5, 5.41) is 3.57. The van der Waals surface area contributed by atoms with Crippen molar-refractivity contribution in [2.24, 2.45) is 0 Å². The number of rotatable bonds is 3. The van der Waals surface area contributed by atoms with Gasteiger partial charge in [-0.05, 0) is 19.3 Å².